The number of nitrogens with zero attached hydrogens (tertiary/aromatic N) is 1. The lowest BCUT2D eigenvalue weighted by Crippen LogP contribution is -2.43. The molecule has 0 bridgehead atoms. The second kappa shape index (κ2) is 13.4. The van der Waals surface area contributed by atoms with E-state index in [1.807, 2.05) is 11.8 Å². The van der Waals surface area contributed by atoms with Crippen molar-refractivity contribution in [3.05, 3.63) is 12.7 Å². The van der Waals surface area contributed by atoms with Gasteiger partial charge in [0.05, 0.1) is 6.61 Å². The third kappa shape index (κ3) is 9.92. The van der Waals surface area contributed by atoms with E-state index in [4.69, 9.17) is 4.74 Å². The highest BCUT2D eigenvalue weighted by atomic mass is 32.2. The average Bonchev–Trinajstić information content (AvgIpc) is 3.06. The Kier molecular flexibility index (Phi) is 11.6. The van der Waals surface area contributed by atoms with Crippen LogP contribution in [0.4, 0.5) is 0 Å². The lowest BCUT2D eigenvalue weighted by Gasteiger charge is -2.30. The lowest BCUT2D eigenvalue weighted by atomic mass is 10.1. The Morgan fingerprint density at radius 2 is 2.11 bits per heavy atom. The van der Waals surface area contributed by atoms with Crippen LogP contribution in [-0.4, -0.2) is 65.2 Å². The third-order valence-corrected chi connectivity index (χ3v) is 5.59. The van der Waals surface area contributed by atoms with E-state index in [1.54, 1.807) is 11.8 Å². The maximum atomic E-state index is 12.1. The molecule has 28 heavy (non-hydrogen) atoms. The SMILES string of the molecule is C=CC(=O)OCCCC(=O)CCSCC(CC(C)NC(C)=O)N1CCCC1=O. The number of rotatable bonds is 14. The van der Waals surface area contributed by atoms with E-state index in [-0.39, 0.29) is 36.3 Å². The van der Waals surface area contributed by atoms with E-state index in [2.05, 4.69) is 11.9 Å². The van der Waals surface area contributed by atoms with Gasteiger partial charge in [0.25, 0.3) is 0 Å². The lowest BCUT2D eigenvalue weighted by molar-refractivity contribution is -0.138. The number of amides is 2. The molecule has 2 atom stereocenters. The van der Waals surface area contributed by atoms with Gasteiger partial charge in [0.1, 0.15) is 5.78 Å². The molecule has 1 fully saturated rings. The Labute approximate surface area is 171 Å². The van der Waals surface area contributed by atoms with E-state index in [0.717, 1.165) is 24.8 Å². The van der Waals surface area contributed by atoms with Gasteiger partial charge in [-0.05, 0) is 26.2 Å². The van der Waals surface area contributed by atoms with Gasteiger partial charge in [-0.15, -0.1) is 0 Å². The third-order valence-electron chi connectivity index (χ3n) is 4.47. The molecule has 8 heteroatoms. The standard InChI is InChI=1S/C20H32N2O5S/c1-4-20(26)27-11-6-7-18(24)9-12-28-14-17(13-15(2)21-16(3)23)22-10-5-8-19(22)25/h4,15,17H,1,5-14H2,2-3H3,(H,21,23). The molecule has 7 nitrogen and oxygen atoms in total. The molecule has 1 rings (SSSR count). The van der Waals surface area contributed by atoms with Crippen LogP contribution in [0.25, 0.3) is 0 Å². The van der Waals surface area contributed by atoms with Gasteiger partial charge in [-0.1, -0.05) is 6.58 Å². The number of ketones is 1. The summed E-state index contributed by atoms with van der Waals surface area (Å²) in [5, 5.41) is 2.88. The van der Waals surface area contributed by atoms with Gasteiger partial charge >= 0.3 is 5.97 Å². The van der Waals surface area contributed by atoms with E-state index >= 15 is 0 Å². The molecule has 1 saturated heterocycles. The van der Waals surface area contributed by atoms with Crippen LogP contribution in [0, 0.1) is 0 Å². The average molecular weight is 413 g/mol. The second-order valence-electron chi connectivity index (χ2n) is 7.02. The zero-order chi connectivity index (χ0) is 20.9. The maximum absolute atomic E-state index is 12.1. The van der Waals surface area contributed by atoms with E-state index in [0.29, 0.717) is 37.9 Å². The number of likely N-dealkylation sites (tertiary alicyclic amines) is 1. The molecule has 2 unspecified atom stereocenters. The van der Waals surface area contributed by atoms with Crippen molar-refractivity contribution < 1.29 is 23.9 Å². The minimum atomic E-state index is -0.473. The predicted molar refractivity (Wildman–Crippen MR) is 110 cm³/mol. The Hall–Kier alpha value is -1.83. The normalized spacial score (nSPS) is 15.8. The molecule has 0 aliphatic carbocycles. The Morgan fingerprint density at radius 3 is 2.71 bits per heavy atom. The molecule has 0 radical (unpaired) electrons. The summed E-state index contributed by atoms with van der Waals surface area (Å²) in [4.78, 5) is 48.1. The van der Waals surface area contributed by atoms with Gasteiger partial charge in [0.2, 0.25) is 11.8 Å². The van der Waals surface area contributed by atoms with Crippen molar-refractivity contribution in [1.29, 1.82) is 0 Å². The van der Waals surface area contributed by atoms with Crippen LogP contribution in [-0.2, 0) is 23.9 Å². The molecule has 1 N–H and O–H groups in total. The highest BCUT2D eigenvalue weighted by molar-refractivity contribution is 7.99. The minimum Gasteiger partial charge on any atom is -0.463 e. The van der Waals surface area contributed by atoms with Crippen molar-refractivity contribution in [2.75, 3.05) is 24.7 Å². The van der Waals surface area contributed by atoms with Gasteiger partial charge in [-0.25, -0.2) is 4.79 Å². The van der Waals surface area contributed by atoms with Crippen LogP contribution >= 0.6 is 11.8 Å². The molecule has 0 aromatic carbocycles. The topological polar surface area (TPSA) is 92.8 Å². The van der Waals surface area contributed by atoms with Crippen LogP contribution in [0.15, 0.2) is 12.7 Å². The summed E-state index contributed by atoms with van der Waals surface area (Å²) in [7, 11) is 0. The number of ether oxygens (including phenoxy) is 1. The van der Waals surface area contributed by atoms with Crippen molar-refractivity contribution in [2.45, 2.75) is 64.5 Å². The van der Waals surface area contributed by atoms with Crippen molar-refractivity contribution in [3.63, 3.8) is 0 Å². The summed E-state index contributed by atoms with van der Waals surface area (Å²) in [5.74, 6) is 1.21. The Bertz CT molecular complexity index is 567. The fourth-order valence-electron chi connectivity index (χ4n) is 3.19. The van der Waals surface area contributed by atoms with E-state index in [1.165, 1.54) is 6.92 Å². The van der Waals surface area contributed by atoms with Crippen molar-refractivity contribution in [1.82, 2.24) is 10.2 Å². The monoisotopic (exact) mass is 412 g/mol. The first kappa shape index (κ1) is 24.2. The van der Waals surface area contributed by atoms with Crippen LogP contribution in [0.5, 0.6) is 0 Å². The Balaban J connectivity index is 2.32. The predicted octanol–water partition coefficient (Wildman–Crippen LogP) is 2.09. The first-order valence-electron chi connectivity index (χ1n) is 9.78. The second-order valence-corrected chi connectivity index (χ2v) is 8.17. The molecule has 0 spiro atoms. The molecular formula is C20H32N2O5S. The summed E-state index contributed by atoms with van der Waals surface area (Å²) in [6.45, 7) is 7.74. The van der Waals surface area contributed by atoms with E-state index < -0.39 is 5.97 Å². The van der Waals surface area contributed by atoms with E-state index in [9.17, 15) is 19.2 Å². The molecule has 1 aliphatic heterocycles. The fraction of sp³-hybridized carbons (Fsp3) is 0.700. The van der Waals surface area contributed by atoms with Crippen LogP contribution in [0.3, 0.4) is 0 Å². The van der Waals surface area contributed by atoms with Crippen LogP contribution in [0.1, 0.15) is 52.4 Å². The zero-order valence-corrected chi connectivity index (χ0v) is 17.7. The Morgan fingerprint density at radius 1 is 1.36 bits per heavy atom. The minimum absolute atomic E-state index is 0.00333. The van der Waals surface area contributed by atoms with Crippen molar-refractivity contribution in [3.8, 4) is 0 Å². The van der Waals surface area contributed by atoms with Gasteiger partial charge in [-0.3, -0.25) is 14.4 Å². The number of hydrogen-bond acceptors (Lipinski definition) is 6. The maximum Gasteiger partial charge on any atom is 0.330 e. The number of thioether (sulfide) groups is 1. The summed E-state index contributed by atoms with van der Waals surface area (Å²) < 4.78 is 4.85. The number of esters is 1. The van der Waals surface area contributed by atoms with Gasteiger partial charge in [0, 0.05) is 62.4 Å². The first-order chi connectivity index (χ1) is 13.3. The fourth-order valence-corrected chi connectivity index (χ4v) is 4.31. The zero-order valence-electron chi connectivity index (χ0n) is 16.9. The quantitative estimate of drug-likeness (QED) is 0.267. The van der Waals surface area contributed by atoms with Crippen molar-refractivity contribution in [2.24, 2.45) is 0 Å². The summed E-state index contributed by atoms with van der Waals surface area (Å²) in [5.41, 5.74) is 0. The number of carbonyl (C=O) groups is 4. The molecule has 0 aromatic heterocycles. The smallest absolute Gasteiger partial charge is 0.330 e. The molecule has 1 aliphatic rings. The molecule has 1 heterocycles. The summed E-state index contributed by atoms with van der Waals surface area (Å²) in [6, 6.07) is 0.0617. The molecular weight excluding hydrogens is 380 g/mol. The van der Waals surface area contributed by atoms with Gasteiger partial charge < -0.3 is 15.0 Å². The van der Waals surface area contributed by atoms with Crippen molar-refractivity contribution >= 4 is 35.3 Å². The largest absolute Gasteiger partial charge is 0.463 e. The highest BCUT2D eigenvalue weighted by Crippen LogP contribution is 2.21. The first-order valence-corrected chi connectivity index (χ1v) is 10.9. The molecule has 0 saturated carbocycles. The number of hydrogen-bond donors (Lipinski definition) is 1. The molecule has 0 aromatic rings. The number of nitrogens with one attached hydrogen (secondary N) is 1. The van der Waals surface area contributed by atoms with Gasteiger partial charge in [0.15, 0.2) is 0 Å². The summed E-state index contributed by atoms with van der Waals surface area (Å²) in [6.07, 6.45) is 4.64. The molecule has 2 amide bonds. The summed E-state index contributed by atoms with van der Waals surface area (Å²) >= 11 is 1.66. The van der Waals surface area contributed by atoms with Crippen LogP contribution < -0.4 is 5.32 Å². The molecule has 158 valence electrons. The highest BCUT2D eigenvalue weighted by Gasteiger charge is 2.29. The van der Waals surface area contributed by atoms with Gasteiger partial charge in [-0.2, -0.15) is 11.8 Å². The number of Topliss-reactive ketones (excluding diaryl/α,β-unsaturated/α-hetero) is 1. The van der Waals surface area contributed by atoms with Crippen LogP contribution in [0.2, 0.25) is 0 Å². The number of carbonyl (C=O) groups excluding carboxylic acids is 4.